The molecule has 0 saturated carbocycles. The van der Waals surface area contributed by atoms with Crippen LogP contribution in [0, 0.1) is 5.82 Å². The van der Waals surface area contributed by atoms with Gasteiger partial charge >= 0.3 is 0 Å². The van der Waals surface area contributed by atoms with Crippen LogP contribution in [0.15, 0.2) is 18.2 Å². The number of hydrogen-bond acceptors (Lipinski definition) is 3. The molecule has 1 fully saturated rings. The highest BCUT2D eigenvalue weighted by molar-refractivity contribution is 5.94. The third-order valence-corrected chi connectivity index (χ3v) is 2.87. The Morgan fingerprint density at radius 3 is 2.76 bits per heavy atom. The monoisotopic (exact) mass is 238 g/mol. The molecule has 1 heterocycles. The van der Waals surface area contributed by atoms with Crippen LogP contribution in [-0.4, -0.2) is 30.1 Å². The Kier molecular flexibility index (Phi) is 3.58. The van der Waals surface area contributed by atoms with Gasteiger partial charge in [-0.15, -0.1) is 0 Å². The van der Waals surface area contributed by atoms with Crippen molar-refractivity contribution in [2.75, 3.05) is 13.1 Å². The lowest BCUT2D eigenvalue weighted by atomic mass is 10.1. The molecule has 4 nitrogen and oxygen atoms in total. The molecule has 1 aromatic rings. The average molecular weight is 238 g/mol. The summed E-state index contributed by atoms with van der Waals surface area (Å²) in [5, 5.41) is 15.0. The topological polar surface area (TPSA) is 61.4 Å². The number of carbonyl (C=O) groups is 1. The van der Waals surface area contributed by atoms with E-state index in [1.165, 1.54) is 12.1 Å². The number of piperidine rings is 1. The van der Waals surface area contributed by atoms with E-state index in [0.29, 0.717) is 0 Å². The van der Waals surface area contributed by atoms with Crippen LogP contribution < -0.4 is 10.6 Å². The zero-order valence-corrected chi connectivity index (χ0v) is 9.37. The first kappa shape index (κ1) is 11.9. The molecule has 1 saturated heterocycles. The van der Waals surface area contributed by atoms with Gasteiger partial charge in [0, 0.05) is 12.1 Å². The second kappa shape index (κ2) is 5.14. The number of amides is 1. The smallest absolute Gasteiger partial charge is 0.254 e. The van der Waals surface area contributed by atoms with Crippen molar-refractivity contribution in [3.8, 4) is 5.75 Å². The van der Waals surface area contributed by atoms with E-state index in [2.05, 4.69) is 10.6 Å². The molecule has 1 aliphatic heterocycles. The summed E-state index contributed by atoms with van der Waals surface area (Å²) >= 11 is 0. The van der Waals surface area contributed by atoms with Gasteiger partial charge in [0.05, 0.1) is 5.56 Å². The third kappa shape index (κ3) is 2.94. The molecule has 0 unspecified atom stereocenters. The Labute approximate surface area is 98.8 Å². The van der Waals surface area contributed by atoms with Crippen LogP contribution in [0.2, 0.25) is 0 Å². The van der Waals surface area contributed by atoms with Crippen molar-refractivity contribution in [2.24, 2.45) is 0 Å². The minimum atomic E-state index is -0.698. The van der Waals surface area contributed by atoms with Crippen molar-refractivity contribution in [2.45, 2.75) is 18.9 Å². The molecule has 0 aliphatic carbocycles. The van der Waals surface area contributed by atoms with E-state index in [-0.39, 0.29) is 17.4 Å². The Balaban J connectivity index is 2.03. The van der Waals surface area contributed by atoms with Crippen molar-refractivity contribution in [3.05, 3.63) is 29.6 Å². The highest BCUT2D eigenvalue weighted by Crippen LogP contribution is 2.15. The molecule has 1 aliphatic rings. The molecule has 0 aromatic heterocycles. The molecule has 1 amide bonds. The van der Waals surface area contributed by atoms with Crippen molar-refractivity contribution >= 4 is 5.91 Å². The number of hydrogen-bond donors (Lipinski definition) is 3. The predicted molar refractivity (Wildman–Crippen MR) is 61.4 cm³/mol. The number of nitrogens with one attached hydrogen (secondary N) is 2. The molecule has 2 rings (SSSR count). The summed E-state index contributed by atoms with van der Waals surface area (Å²) in [5.41, 5.74) is -0.0265. The summed E-state index contributed by atoms with van der Waals surface area (Å²) in [6.45, 7) is 1.73. The van der Waals surface area contributed by atoms with Crippen LogP contribution in [0.25, 0.3) is 0 Å². The fraction of sp³-hybridized carbons (Fsp3) is 0.417. The molecule has 5 heteroatoms. The zero-order chi connectivity index (χ0) is 12.3. The van der Waals surface area contributed by atoms with Gasteiger partial charge in [0.1, 0.15) is 11.6 Å². The average Bonchev–Trinajstić information content (AvgIpc) is 2.30. The van der Waals surface area contributed by atoms with Crippen LogP contribution in [0.1, 0.15) is 23.2 Å². The minimum Gasteiger partial charge on any atom is -0.508 e. The fourth-order valence-electron chi connectivity index (χ4n) is 1.92. The molecular weight excluding hydrogens is 223 g/mol. The van der Waals surface area contributed by atoms with Crippen LogP contribution in [0.4, 0.5) is 4.39 Å². The minimum absolute atomic E-state index is 0.0265. The van der Waals surface area contributed by atoms with Gasteiger partial charge in [-0.1, -0.05) is 0 Å². The van der Waals surface area contributed by atoms with Gasteiger partial charge in [0.25, 0.3) is 5.91 Å². The van der Waals surface area contributed by atoms with Crippen LogP contribution in [0.5, 0.6) is 5.75 Å². The molecule has 1 aromatic carbocycles. The number of benzene rings is 1. The van der Waals surface area contributed by atoms with E-state index in [1.807, 2.05) is 0 Å². The number of aromatic hydroxyl groups is 1. The molecule has 0 bridgehead atoms. The molecule has 3 N–H and O–H groups in total. The summed E-state index contributed by atoms with van der Waals surface area (Å²) in [7, 11) is 0. The Morgan fingerprint density at radius 2 is 2.12 bits per heavy atom. The van der Waals surface area contributed by atoms with E-state index in [1.54, 1.807) is 0 Å². The van der Waals surface area contributed by atoms with E-state index in [4.69, 9.17) is 5.11 Å². The molecule has 92 valence electrons. The third-order valence-electron chi connectivity index (χ3n) is 2.87. The summed E-state index contributed by atoms with van der Waals surface area (Å²) < 4.78 is 13.4. The Bertz CT molecular complexity index is 417. The lowest BCUT2D eigenvalue weighted by molar-refractivity contribution is 0.0925. The van der Waals surface area contributed by atoms with Crippen LogP contribution in [0.3, 0.4) is 0 Å². The van der Waals surface area contributed by atoms with Gasteiger partial charge in [0.2, 0.25) is 0 Å². The van der Waals surface area contributed by atoms with Gasteiger partial charge < -0.3 is 15.7 Å². The van der Waals surface area contributed by atoms with Crippen molar-refractivity contribution in [3.63, 3.8) is 0 Å². The van der Waals surface area contributed by atoms with Gasteiger partial charge in [-0.05, 0) is 38.1 Å². The molecule has 0 radical (unpaired) electrons. The van der Waals surface area contributed by atoms with Crippen LogP contribution >= 0.6 is 0 Å². The Morgan fingerprint density at radius 1 is 1.41 bits per heavy atom. The number of phenols is 1. The van der Waals surface area contributed by atoms with Gasteiger partial charge in [-0.25, -0.2) is 4.39 Å². The Hall–Kier alpha value is -1.62. The summed E-state index contributed by atoms with van der Waals surface area (Å²) in [4.78, 5) is 11.8. The lowest BCUT2D eigenvalue weighted by Gasteiger charge is -2.23. The number of rotatable bonds is 2. The van der Waals surface area contributed by atoms with E-state index >= 15 is 0 Å². The quantitative estimate of drug-likeness (QED) is 0.720. The van der Waals surface area contributed by atoms with E-state index in [9.17, 15) is 9.18 Å². The van der Waals surface area contributed by atoms with Gasteiger partial charge in [0.15, 0.2) is 0 Å². The first-order valence-electron chi connectivity index (χ1n) is 5.67. The maximum absolute atomic E-state index is 13.4. The van der Waals surface area contributed by atoms with Crippen molar-refractivity contribution in [1.82, 2.24) is 10.6 Å². The first-order chi connectivity index (χ1) is 8.16. The fourth-order valence-corrected chi connectivity index (χ4v) is 1.92. The lowest BCUT2D eigenvalue weighted by Crippen LogP contribution is -2.42. The molecular formula is C12H15FN2O2. The second-order valence-corrected chi connectivity index (χ2v) is 4.16. The zero-order valence-electron chi connectivity index (χ0n) is 9.37. The summed E-state index contributed by atoms with van der Waals surface area (Å²) in [5.74, 6) is -1.30. The normalized spacial score (nSPS) is 16.8. The SMILES string of the molecule is O=C(NC1CCNCC1)c1ccc(O)cc1F. The summed E-state index contributed by atoms with van der Waals surface area (Å²) in [6.07, 6.45) is 1.71. The van der Waals surface area contributed by atoms with Crippen molar-refractivity contribution in [1.29, 1.82) is 0 Å². The summed E-state index contributed by atoms with van der Waals surface area (Å²) in [6, 6.07) is 3.63. The molecule has 0 atom stereocenters. The van der Waals surface area contributed by atoms with Gasteiger partial charge in [-0.2, -0.15) is 0 Å². The van der Waals surface area contributed by atoms with E-state index < -0.39 is 11.7 Å². The second-order valence-electron chi connectivity index (χ2n) is 4.16. The van der Waals surface area contributed by atoms with Crippen molar-refractivity contribution < 1.29 is 14.3 Å². The highest BCUT2D eigenvalue weighted by atomic mass is 19.1. The highest BCUT2D eigenvalue weighted by Gasteiger charge is 2.18. The maximum Gasteiger partial charge on any atom is 0.254 e. The van der Waals surface area contributed by atoms with Gasteiger partial charge in [-0.3, -0.25) is 4.79 Å². The molecule has 17 heavy (non-hydrogen) atoms. The first-order valence-corrected chi connectivity index (χ1v) is 5.67. The number of phenolic OH excluding ortho intramolecular Hbond substituents is 1. The largest absolute Gasteiger partial charge is 0.508 e. The van der Waals surface area contributed by atoms with E-state index in [0.717, 1.165) is 32.0 Å². The maximum atomic E-state index is 13.4. The number of carbonyl (C=O) groups excluding carboxylic acids is 1. The molecule has 0 spiro atoms. The standard InChI is InChI=1S/C12H15FN2O2/c13-11-7-9(16)1-2-10(11)12(17)15-8-3-5-14-6-4-8/h1-2,7-8,14,16H,3-6H2,(H,15,17). The predicted octanol–water partition coefficient (Wildman–Crippen LogP) is 1.01. The number of halogens is 1. The van der Waals surface area contributed by atoms with Crippen LogP contribution in [-0.2, 0) is 0 Å².